The Hall–Kier alpha value is -1.55. The van der Waals surface area contributed by atoms with Gasteiger partial charge in [-0.2, -0.15) is 0 Å². The number of aryl methyl sites for hydroxylation is 1. The van der Waals surface area contributed by atoms with Gasteiger partial charge >= 0.3 is 0 Å². The maximum Gasteiger partial charge on any atom is 0.241 e. The molecule has 0 aromatic heterocycles. The van der Waals surface area contributed by atoms with E-state index >= 15 is 0 Å². The van der Waals surface area contributed by atoms with Gasteiger partial charge < -0.3 is 25.0 Å². The molecule has 0 bridgehead atoms. The summed E-state index contributed by atoms with van der Waals surface area (Å²) in [5.74, 6) is 1.44. The molecule has 0 fully saturated rings. The number of carbonyl (C=O) groups excluding carboxylic acids is 1. The molecule has 0 spiro atoms. The maximum absolute atomic E-state index is 11.7. The Morgan fingerprint density at radius 2 is 1.96 bits per heavy atom. The minimum Gasteiger partial charge on any atom is -0.491 e. The van der Waals surface area contributed by atoms with Crippen molar-refractivity contribution in [1.82, 2.24) is 15.5 Å². The number of halogens is 1. The van der Waals surface area contributed by atoms with Gasteiger partial charge in [-0.25, -0.2) is 4.99 Å². The van der Waals surface area contributed by atoms with Gasteiger partial charge in [0.25, 0.3) is 0 Å². The van der Waals surface area contributed by atoms with Crippen LogP contribution in [-0.2, 0) is 9.53 Å². The van der Waals surface area contributed by atoms with Crippen LogP contribution in [0, 0.1) is 6.92 Å². The Balaban J connectivity index is 0.00000625. The number of para-hydroxylation sites is 1. The number of likely N-dealkylation sites (N-methyl/N-ethyl adjacent to an activating group) is 1. The fraction of sp³-hybridized carbons (Fsp3) is 0.556. The highest BCUT2D eigenvalue weighted by Gasteiger charge is 2.08. The molecular formula is C18H31IN4O3. The average molecular weight is 478 g/mol. The first kappa shape index (κ1) is 24.5. The minimum atomic E-state index is -0.128. The molecule has 0 heterocycles. The quantitative estimate of drug-likeness (QED) is 0.232. The number of hydrogen-bond donors (Lipinski definition) is 2. The lowest BCUT2D eigenvalue weighted by molar-refractivity contribution is -0.119. The van der Waals surface area contributed by atoms with Crippen molar-refractivity contribution < 1.29 is 14.3 Å². The molecule has 1 aromatic rings. The highest BCUT2D eigenvalue weighted by Crippen LogP contribution is 2.15. The van der Waals surface area contributed by atoms with Crippen LogP contribution in [0.15, 0.2) is 29.3 Å². The van der Waals surface area contributed by atoms with E-state index in [1.165, 1.54) is 0 Å². The fourth-order valence-corrected chi connectivity index (χ4v) is 2.08. The van der Waals surface area contributed by atoms with Crippen LogP contribution < -0.4 is 15.4 Å². The summed E-state index contributed by atoms with van der Waals surface area (Å²) in [4.78, 5) is 18.0. The predicted molar refractivity (Wildman–Crippen MR) is 116 cm³/mol. The third-order valence-electron chi connectivity index (χ3n) is 3.48. The maximum atomic E-state index is 11.7. The first-order chi connectivity index (χ1) is 12.1. The number of nitrogens with one attached hydrogen (secondary N) is 2. The molecule has 1 amide bonds. The van der Waals surface area contributed by atoms with E-state index in [9.17, 15) is 4.79 Å². The SMILES string of the molecule is CCNC(=NCC(=O)NCCOC)N(C)CCOc1ccccc1C.I. The van der Waals surface area contributed by atoms with Crippen LogP contribution in [0.5, 0.6) is 5.75 Å². The summed E-state index contributed by atoms with van der Waals surface area (Å²) in [6, 6.07) is 7.92. The van der Waals surface area contributed by atoms with Gasteiger partial charge in [0.15, 0.2) is 5.96 Å². The number of guanidine groups is 1. The van der Waals surface area contributed by atoms with Crippen molar-refractivity contribution in [2.45, 2.75) is 13.8 Å². The van der Waals surface area contributed by atoms with E-state index in [-0.39, 0.29) is 36.4 Å². The van der Waals surface area contributed by atoms with E-state index in [1.807, 2.05) is 50.1 Å². The van der Waals surface area contributed by atoms with Gasteiger partial charge in [-0.15, -0.1) is 24.0 Å². The number of nitrogens with zero attached hydrogens (tertiary/aromatic N) is 2. The molecule has 8 heteroatoms. The lowest BCUT2D eigenvalue weighted by Crippen LogP contribution is -2.41. The van der Waals surface area contributed by atoms with E-state index in [1.54, 1.807) is 7.11 Å². The molecule has 148 valence electrons. The van der Waals surface area contributed by atoms with Crippen molar-refractivity contribution in [3.8, 4) is 5.75 Å². The summed E-state index contributed by atoms with van der Waals surface area (Å²) in [5, 5.41) is 5.93. The van der Waals surface area contributed by atoms with Crippen molar-refractivity contribution in [1.29, 1.82) is 0 Å². The van der Waals surface area contributed by atoms with Crippen LogP contribution in [0.25, 0.3) is 0 Å². The van der Waals surface area contributed by atoms with Crippen molar-refractivity contribution in [2.24, 2.45) is 4.99 Å². The second-order valence-corrected chi connectivity index (χ2v) is 5.55. The van der Waals surface area contributed by atoms with E-state index < -0.39 is 0 Å². The highest BCUT2D eigenvalue weighted by molar-refractivity contribution is 14.0. The summed E-state index contributed by atoms with van der Waals surface area (Å²) in [5.41, 5.74) is 1.11. The van der Waals surface area contributed by atoms with E-state index in [0.29, 0.717) is 32.3 Å². The topological polar surface area (TPSA) is 75.2 Å². The second kappa shape index (κ2) is 14.6. The number of amides is 1. The van der Waals surface area contributed by atoms with Crippen LogP contribution in [0.1, 0.15) is 12.5 Å². The molecule has 2 N–H and O–H groups in total. The summed E-state index contributed by atoms with van der Waals surface area (Å²) < 4.78 is 10.7. The number of ether oxygens (including phenoxy) is 2. The zero-order valence-corrected chi connectivity index (χ0v) is 18.4. The molecule has 1 aromatic carbocycles. The lowest BCUT2D eigenvalue weighted by atomic mass is 10.2. The third-order valence-corrected chi connectivity index (χ3v) is 3.48. The van der Waals surface area contributed by atoms with Gasteiger partial charge in [0, 0.05) is 27.2 Å². The number of benzene rings is 1. The van der Waals surface area contributed by atoms with Gasteiger partial charge in [-0.05, 0) is 25.5 Å². The summed E-state index contributed by atoms with van der Waals surface area (Å²) in [7, 11) is 3.52. The third kappa shape index (κ3) is 9.81. The molecule has 1 rings (SSSR count). The number of methoxy groups -OCH3 is 1. The van der Waals surface area contributed by atoms with E-state index in [0.717, 1.165) is 17.9 Å². The molecule has 7 nitrogen and oxygen atoms in total. The van der Waals surface area contributed by atoms with Gasteiger partial charge in [0.05, 0.1) is 13.2 Å². The molecule has 0 atom stereocenters. The molecule has 0 unspecified atom stereocenters. The molecule has 0 aliphatic heterocycles. The van der Waals surface area contributed by atoms with E-state index in [2.05, 4.69) is 15.6 Å². The molecule has 0 saturated heterocycles. The van der Waals surface area contributed by atoms with Crippen LogP contribution in [-0.4, -0.2) is 70.3 Å². The number of carbonyl (C=O) groups is 1. The Morgan fingerprint density at radius 1 is 1.23 bits per heavy atom. The molecule has 0 aliphatic rings. The normalized spacial score (nSPS) is 10.7. The second-order valence-electron chi connectivity index (χ2n) is 5.55. The molecule has 26 heavy (non-hydrogen) atoms. The van der Waals surface area contributed by atoms with Gasteiger partial charge in [0.1, 0.15) is 18.9 Å². The monoisotopic (exact) mass is 478 g/mol. The van der Waals surface area contributed by atoms with Gasteiger partial charge in [0.2, 0.25) is 5.91 Å². The van der Waals surface area contributed by atoms with Gasteiger partial charge in [-0.3, -0.25) is 4.79 Å². The van der Waals surface area contributed by atoms with Crippen LogP contribution in [0.3, 0.4) is 0 Å². The molecule has 0 aliphatic carbocycles. The Morgan fingerprint density at radius 3 is 2.62 bits per heavy atom. The van der Waals surface area contributed by atoms with Gasteiger partial charge in [-0.1, -0.05) is 18.2 Å². The van der Waals surface area contributed by atoms with Crippen LogP contribution >= 0.6 is 24.0 Å². The van der Waals surface area contributed by atoms with Crippen molar-refractivity contribution >= 4 is 35.8 Å². The van der Waals surface area contributed by atoms with Crippen LogP contribution in [0.4, 0.5) is 0 Å². The molecular weight excluding hydrogens is 447 g/mol. The Kier molecular flexibility index (Phi) is 13.7. The Labute approximate surface area is 173 Å². The first-order valence-corrected chi connectivity index (χ1v) is 8.52. The smallest absolute Gasteiger partial charge is 0.241 e. The average Bonchev–Trinajstić information content (AvgIpc) is 2.60. The standard InChI is InChI=1S/C18H30N4O3.HI/c1-5-19-18(21-14-17(23)20-10-12-24-4)22(3)11-13-25-16-9-7-6-8-15(16)2;/h6-9H,5,10-14H2,1-4H3,(H,19,21)(H,20,23);1H. The van der Waals surface area contributed by atoms with Crippen molar-refractivity contribution in [2.75, 3.05) is 53.6 Å². The molecule has 0 saturated carbocycles. The van der Waals surface area contributed by atoms with Crippen LogP contribution in [0.2, 0.25) is 0 Å². The number of hydrogen-bond acceptors (Lipinski definition) is 4. The zero-order valence-electron chi connectivity index (χ0n) is 16.1. The van der Waals surface area contributed by atoms with Crippen molar-refractivity contribution in [3.05, 3.63) is 29.8 Å². The molecule has 0 radical (unpaired) electrons. The minimum absolute atomic E-state index is 0. The fourth-order valence-electron chi connectivity index (χ4n) is 2.08. The summed E-state index contributed by atoms with van der Waals surface area (Å²) in [6.45, 7) is 6.99. The van der Waals surface area contributed by atoms with E-state index in [4.69, 9.17) is 9.47 Å². The number of aliphatic imine (C=N–C) groups is 1. The predicted octanol–water partition coefficient (Wildman–Crippen LogP) is 1.65. The Bertz CT molecular complexity index is 555. The zero-order chi connectivity index (χ0) is 18.5. The summed E-state index contributed by atoms with van der Waals surface area (Å²) >= 11 is 0. The lowest BCUT2D eigenvalue weighted by Gasteiger charge is -2.22. The number of rotatable bonds is 10. The first-order valence-electron chi connectivity index (χ1n) is 8.52. The highest BCUT2D eigenvalue weighted by atomic mass is 127. The largest absolute Gasteiger partial charge is 0.491 e. The summed E-state index contributed by atoms with van der Waals surface area (Å²) in [6.07, 6.45) is 0. The van der Waals surface area contributed by atoms with Crippen molar-refractivity contribution in [3.63, 3.8) is 0 Å².